The summed E-state index contributed by atoms with van der Waals surface area (Å²) in [6.45, 7) is 1.38. The highest BCUT2D eigenvalue weighted by molar-refractivity contribution is 7.81. The van der Waals surface area contributed by atoms with Gasteiger partial charge < -0.3 is 20.5 Å². The highest BCUT2D eigenvalue weighted by Crippen LogP contribution is 2.18. The molecule has 1 rings (SSSR count). The van der Waals surface area contributed by atoms with E-state index in [0.29, 0.717) is 25.3 Å². The van der Waals surface area contributed by atoms with Gasteiger partial charge in [-0.05, 0) is 12.2 Å². The van der Waals surface area contributed by atoms with Gasteiger partial charge in [0.15, 0.2) is 0 Å². The number of ether oxygens (including phenoxy) is 1. The van der Waals surface area contributed by atoms with Crippen LogP contribution in [-0.2, 0) is 9.53 Å². The standard InChI is InChI=1S/C10H16N2O3S/c11-9(14)8-2-1-3-12(10(8)16)4-6-15-7-5-13/h1-3,10,13,16H,4-7H2,(H2,11,14). The fourth-order valence-corrected chi connectivity index (χ4v) is 1.75. The summed E-state index contributed by atoms with van der Waals surface area (Å²) >= 11 is 4.32. The quantitative estimate of drug-likeness (QED) is 0.434. The first-order valence-electron chi connectivity index (χ1n) is 4.97. The lowest BCUT2D eigenvalue weighted by atomic mass is 10.1. The molecule has 0 fully saturated rings. The van der Waals surface area contributed by atoms with Crippen LogP contribution in [-0.4, -0.2) is 47.7 Å². The Balaban J connectivity index is 2.42. The Morgan fingerprint density at radius 1 is 1.62 bits per heavy atom. The molecule has 0 spiro atoms. The molecule has 16 heavy (non-hydrogen) atoms. The average Bonchev–Trinajstić information content (AvgIpc) is 2.26. The normalized spacial score (nSPS) is 19.8. The fraction of sp³-hybridized carbons (Fsp3) is 0.500. The molecule has 0 saturated carbocycles. The number of rotatable bonds is 6. The summed E-state index contributed by atoms with van der Waals surface area (Å²) in [5, 5.41) is 8.20. The summed E-state index contributed by atoms with van der Waals surface area (Å²) < 4.78 is 5.13. The summed E-state index contributed by atoms with van der Waals surface area (Å²) in [7, 11) is 0. The van der Waals surface area contributed by atoms with Crippen LogP contribution in [0.4, 0.5) is 0 Å². The summed E-state index contributed by atoms with van der Waals surface area (Å²) in [5.74, 6) is -0.467. The van der Waals surface area contributed by atoms with Crippen molar-refractivity contribution in [3.63, 3.8) is 0 Å². The van der Waals surface area contributed by atoms with E-state index in [1.807, 2.05) is 11.1 Å². The van der Waals surface area contributed by atoms with Crippen molar-refractivity contribution < 1.29 is 14.6 Å². The predicted octanol–water partition coefficient (Wildman–Crippen LogP) is -0.508. The molecule has 1 atom stereocenters. The van der Waals surface area contributed by atoms with Crippen molar-refractivity contribution in [2.24, 2.45) is 5.73 Å². The van der Waals surface area contributed by atoms with Crippen LogP contribution in [0, 0.1) is 0 Å². The minimum atomic E-state index is -0.467. The van der Waals surface area contributed by atoms with Crippen LogP contribution in [0.1, 0.15) is 0 Å². The summed E-state index contributed by atoms with van der Waals surface area (Å²) in [6.07, 6.45) is 5.23. The van der Waals surface area contributed by atoms with Crippen LogP contribution in [0.2, 0.25) is 0 Å². The maximum Gasteiger partial charge on any atom is 0.247 e. The van der Waals surface area contributed by atoms with Gasteiger partial charge in [-0.2, -0.15) is 0 Å². The minimum absolute atomic E-state index is 0.00653. The van der Waals surface area contributed by atoms with E-state index < -0.39 is 5.91 Å². The summed E-state index contributed by atoms with van der Waals surface area (Å²) in [4.78, 5) is 12.9. The van der Waals surface area contributed by atoms with Gasteiger partial charge in [0.05, 0.1) is 19.8 Å². The Labute approximate surface area is 100.0 Å². The number of aliphatic hydroxyl groups is 1. The van der Waals surface area contributed by atoms with Crippen molar-refractivity contribution in [2.75, 3.05) is 26.4 Å². The molecule has 0 aromatic carbocycles. The van der Waals surface area contributed by atoms with Crippen LogP contribution in [0.3, 0.4) is 0 Å². The second-order valence-corrected chi connectivity index (χ2v) is 3.76. The van der Waals surface area contributed by atoms with E-state index in [1.54, 1.807) is 12.2 Å². The van der Waals surface area contributed by atoms with E-state index in [2.05, 4.69) is 12.6 Å². The average molecular weight is 244 g/mol. The van der Waals surface area contributed by atoms with Crippen molar-refractivity contribution in [1.29, 1.82) is 0 Å². The molecule has 1 heterocycles. The maximum absolute atomic E-state index is 11.1. The smallest absolute Gasteiger partial charge is 0.247 e. The molecule has 5 nitrogen and oxygen atoms in total. The van der Waals surface area contributed by atoms with Crippen molar-refractivity contribution in [2.45, 2.75) is 5.37 Å². The molecule has 3 N–H and O–H groups in total. The Morgan fingerprint density at radius 2 is 2.38 bits per heavy atom. The molecule has 0 saturated heterocycles. The van der Waals surface area contributed by atoms with Crippen LogP contribution in [0.5, 0.6) is 0 Å². The molecule has 0 radical (unpaired) electrons. The zero-order valence-corrected chi connectivity index (χ0v) is 9.77. The van der Waals surface area contributed by atoms with E-state index >= 15 is 0 Å². The lowest BCUT2D eigenvalue weighted by Gasteiger charge is -2.29. The maximum atomic E-state index is 11.1. The number of primary amides is 1. The second kappa shape index (κ2) is 6.57. The number of aliphatic hydroxyl groups excluding tert-OH is 1. The lowest BCUT2D eigenvalue weighted by Crippen LogP contribution is -2.37. The van der Waals surface area contributed by atoms with Gasteiger partial charge in [-0.3, -0.25) is 4.79 Å². The molecule has 0 bridgehead atoms. The van der Waals surface area contributed by atoms with Gasteiger partial charge in [0.1, 0.15) is 5.37 Å². The van der Waals surface area contributed by atoms with Crippen LogP contribution >= 0.6 is 12.6 Å². The van der Waals surface area contributed by atoms with Gasteiger partial charge >= 0.3 is 0 Å². The largest absolute Gasteiger partial charge is 0.394 e. The Morgan fingerprint density at radius 3 is 3.00 bits per heavy atom. The second-order valence-electron chi connectivity index (χ2n) is 3.28. The number of nitrogens with two attached hydrogens (primary N) is 1. The number of carbonyl (C=O) groups excluding carboxylic acids is 1. The highest BCUT2D eigenvalue weighted by atomic mass is 32.1. The molecular weight excluding hydrogens is 228 g/mol. The Hall–Kier alpha value is -0.980. The van der Waals surface area contributed by atoms with E-state index in [9.17, 15) is 4.79 Å². The summed E-state index contributed by atoms with van der Waals surface area (Å²) in [6, 6.07) is 0. The molecular formula is C10H16N2O3S. The van der Waals surface area contributed by atoms with E-state index in [-0.39, 0.29) is 12.0 Å². The third kappa shape index (κ3) is 3.55. The number of nitrogens with zero attached hydrogens (tertiary/aromatic N) is 1. The lowest BCUT2D eigenvalue weighted by molar-refractivity contribution is -0.114. The molecule has 1 aliphatic rings. The molecule has 6 heteroatoms. The Bertz CT molecular complexity index is 304. The van der Waals surface area contributed by atoms with Crippen molar-refractivity contribution in [3.05, 3.63) is 23.9 Å². The molecule has 1 aliphatic heterocycles. The third-order valence-electron chi connectivity index (χ3n) is 2.16. The van der Waals surface area contributed by atoms with Crippen molar-refractivity contribution >= 4 is 18.5 Å². The molecule has 1 unspecified atom stereocenters. The van der Waals surface area contributed by atoms with Crippen LogP contribution in [0.15, 0.2) is 23.9 Å². The van der Waals surface area contributed by atoms with Crippen LogP contribution in [0.25, 0.3) is 0 Å². The van der Waals surface area contributed by atoms with E-state index in [1.165, 1.54) is 0 Å². The monoisotopic (exact) mass is 244 g/mol. The summed E-state index contributed by atoms with van der Waals surface area (Å²) in [5.41, 5.74) is 5.68. The molecule has 0 aliphatic carbocycles. The first kappa shape index (κ1) is 13.1. The zero-order valence-electron chi connectivity index (χ0n) is 8.87. The highest BCUT2D eigenvalue weighted by Gasteiger charge is 2.21. The first-order valence-corrected chi connectivity index (χ1v) is 5.49. The third-order valence-corrected chi connectivity index (χ3v) is 2.73. The molecule has 0 aromatic rings. The van der Waals surface area contributed by atoms with Gasteiger partial charge in [-0.1, -0.05) is 0 Å². The minimum Gasteiger partial charge on any atom is -0.394 e. The zero-order chi connectivity index (χ0) is 12.0. The number of allylic oxidation sites excluding steroid dienone is 2. The van der Waals surface area contributed by atoms with Gasteiger partial charge in [0.25, 0.3) is 0 Å². The topological polar surface area (TPSA) is 75.8 Å². The number of carbonyl (C=O) groups is 1. The van der Waals surface area contributed by atoms with E-state index in [0.717, 1.165) is 0 Å². The number of hydrogen-bond donors (Lipinski definition) is 3. The Kier molecular flexibility index (Phi) is 5.37. The molecule has 0 aromatic heterocycles. The number of amides is 1. The SMILES string of the molecule is NC(=O)C1=CC=CN(CCOCCO)C1S. The van der Waals surface area contributed by atoms with Gasteiger partial charge in [0.2, 0.25) is 5.91 Å². The van der Waals surface area contributed by atoms with Crippen LogP contribution < -0.4 is 5.73 Å². The van der Waals surface area contributed by atoms with Gasteiger partial charge in [0, 0.05) is 18.3 Å². The fourth-order valence-electron chi connectivity index (χ4n) is 1.35. The van der Waals surface area contributed by atoms with Crippen molar-refractivity contribution in [3.8, 4) is 0 Å². The van der Waals surface area contributed by atoms with Gasteiger partial charge in [-0.25, -0.2) is 0 Å². The first-order chi connectivity index (χ1) is 7.66. The molecule has 1 amide bonds. The predicted molar refractivity (Wildman–Crippen MR) is 63.8 cm³/mol. The number of thiol groups is 1. The molecule has 90 valence electrons. The van der Waals surface area contributed by atoms with Gasteiger partial charge in [-0.15, -0.1) is 12.6 Å². The van der Waals surface area contributed by atoms with E-state index in [4.69, 9.17) is 15.6 Å². The van der Waals surface area contributed by atoms with Crippen molar-refractivity contribution in [1.82, 2.24) is 4.90 Å². The number of hydrogen-bond acceptors (Lipinski definition) is 5.